The Morgan fingerprint density at radius 3 is 2.76 bits per heavy atom. The maximum absolute atomic E-state index is 5.42. The van der Waals surface area contributed by atoms with Gasteiger partial charge in [-0.15, -0.1) is 0 Å². The van der Waals surface area contributed by atoms with Crippen LogP contribution in [0.3, 0.4) is 0 Å². The highest BCUT2D eigenvalue weighted by atomic mass is 16.5. The van der Waals surface area contributed by atoms with Crippen LogP contribution in [0.15, 0.2) is 47.2 Å². The van der Waals surface area contributed by atoms with Gasteiger partial charge < -0.3 is 14.0 Å². The maximum atomic E-state index is 5.42. The van der Waals surface area contributed by atoms with E-state index in [4.69, 9.17) is 4.52 Å². The molecule has 0 N–H and O–H groups in total. The predicted molar refractivity (Wildman–Crippen MR) is 95.1 cm³/mol. The molecule has 130 valence electrons. The number of piperidine rings is 1. The van der Waals surface area contributed by atoms with Crippen molar-refractivity contribution < 1.29 is 4.52 Å². The van der Waals surface area contributed by atoms with Crippen molar-refractivity contribution in [3.05, 3.63) is 54.4 Å². The van der Waals surface area contributed by atoms with Crippen LogP contribution in [0, 0.1) is 0 Å². The van der Waals surface area contributed by atoms with E-state index in [1.54, 1.807) is 0 Å². The van der Waals surface area contributed by atoms with Gasteiger partial charge in [0.2, 0.25) is 11.7 Å². The van der Waals surface area contributed by atoms with Crippen LogP contribution in [0.5, 0.6) is 0 Å². The van der Waals surface area contributed by atoms with Crippen molar-refractivity contribution in [1.29, 1.82) is 0 Å². The first kappa shape index (κ1) is 16.0. The highest BCUT2D eigenvalue weighted by molar-refractivity contribution is 5.53. The Morgan fingerprint density at radius 1 is 1.16 bits per heavy atom. The lowest BCUT2D eigenvalue weighted by atomic mass is 9.96. The second-order valence-electron chi connectivity index (χ2n) is 6.68. The molecule has 6 nitrogen and oxygen atoms in total. The molecule has 0 saturated carbocycles. The summed E-state index contributed by atoms with van der Waals surface area (Å²) in [6.45, 7) is 3.10. The second kappa shape index (κ2) is 7.19. The number of benzene rings is 1. The topological polar surface area (TPSA) is 60.0 Å². The van der Waals surface area contributed by atoms with Crippen molar-refractivity contribution >= 4 is 0 Å². The molecule has 0 spiro atoms. The largest absolute Gasteiger partial charge is 0.339 e. The van der Waals surface area contributed by atoms with E-state index in [1.165, 1.54) is 18.7 Å². The average molecular weight is 337 g/mol. The molecule has 0 atom stereocenters. The second-order valence-corrected chi connectivity index (χ2v) is 6.68. The normalized spacial score (nSPS) is 16.4. The number of hydrogen-bond acceptors (Lipinski definition) is 5. The summed E-state index contributed by atoms with van der Waals surface area (Å²) < 4.78 is 7.65. The summed E-state index contributed by atoms with van der Waals surface area (Å²) in [7, 11) is 2.18. The Kier molecular flexibility index (Phi) is 4.61. The Hall–Kier alpha value is -2.47. The molecule has 0 unspecified atom stereocenters. The number of aromatic nitrogens is 4. The van der Waals surface area contributed by atoms with Crippen LogP contribution in [-0.2, 0) is 13.0 Å². The molecule has 1 aromatic carbocycles. The van der Waals surface area contributed by atoms with Gasteiger partial charge in [0.1, 0.15) is 5.82 Å². The number of imidazole rings is 1. The molecule has 1 aliphatic heterocycles. The third-order valence-electron chi connectivity index (χ3n) is 4.90. The average Bonchev–Trinajstić information content (AvgIpc) is 3.31. The Morgan fingerprint density at radius 2 is 1.96 bits per heavy atom. The number of nitrogens with zero attached hydrogens (tertiary/aromatic N) is 5. The van der Waals surface area contributed by atoms with Gasteiger partial charge in [-0.2, -0.15) is 4.98 Å². The Bertz CT molecular complexity index is 802. The molecule has 0 bridgehead atoms. The first-order chi connectivity index (χ1) is 12.3. The van der Waals surface area contributed by atoms with E-state index in [9.17, 15) is 0 Å². The molecule has 3 aromatic rings. The van der Waals surface area contributed by atoms with Gasteiger partial charge in [-0.3, -0.25) is 0 Å². The van der Waals surface area contributed by atoms with Crippen molar-refractivity contribution in [3.8, 4) is 11.4 Å². The molecular weight excluding hydrogens is 314 g/mol. The summed E-state index contributed by atoms with van der Waals surface area (Å²) in [6.07, 6.45) is 7.02. The number of hydrogen-bond donors (Lipinski definition) is 0. The molecule has 0 radical (unpaired) electrons. The standard InChI is InChI=1S/C19H23N5O/c1-23-11-7-16(8-12-23)19-20-10-14-24(19)13-9-17-21-18(22-25-17)15-5-3-2-4-6-15/h2-6,10,14,16H,7-9,11-13H2,1H3. The van der Waals surface area contributed by atoms with E-state index in [-0.39, 0.29) is 0 Å². The Labute approximate surface area is 147 Å². The lowest BCUT2D eigenvalue weighted by Crippen LogP contribution is -2.30. The summed E-state index contributed by atoms with van der Waals surface area (Å²) >= 11 is 0. The quantitative estimate of drug-likeness (QED) is 0.716. The van der Waals surface area contributed by atoms with E-state index < -0.39 is 0 Å². The van der Waals surface area contributed by atoms with E-state index in [0.717, 1.165) is 31.6 Å². The fourth-order valence-electron chi connectivity index (χ4n) is 3.41. The zero-order valence-electron chi connectivity index (χ0n) is 14.5. The molecule has 3 heterocycles. The minimum absolute atomic E-state index is 0.550. The summed E-state index contributed by atoms with van der Waals surface area (Å²) in [5, 5.41) is 4.09. The fraction of sp³-hybridized carbons (Fsp3) is 0.421. The maximum Gasteiger partial charge on any atom is 0.228 e. The lowest BCUT2D eigenvalue weighted by molar-refractivity contribution is 0.248. The van der Waals surface area contributed by atoms with Crippen LogP contribution in [0.1, 0.15) is 30.5 Å². The molecular formula is C19H23N5O. The fourth-order valence-corrected chi connectivity index (χ4v) is 3.41. The van der Waals surface area contributed by atoms with Crippen LogP contribution in [0.2, 0.25) is 0 Å². The molecule has 0 amide bonds. The minimum atomic E-state index is 0.550. The molecule has 1 aliphatic rings. The summed E-state index contributed by atoms with van der Waals surface area (Å²) in [4.78, 5) is 11.5. The Balaban J connectivity index is 1.41. The van der Waals surface area contributed by atoms with E-state index in [2.05, 4.69) is 37.8 Å². The molecule has 2 aromatic heterocycles. The summed E-state index contributed by atoms with van der Waals surface area (Å²) in [5.74, 6) is 3.06. The highest BCUT2D eigenvalue weighted by Crippen LogP contribution is 2.26. The van der Waals surface area contributed by atoms with Crippen molar-refractivity contribution in [2.75, 3.05) is 20.1 Å². The van der Waals surface area contributed by atoms with Crippen LogP contribution >= 0.6 is 0 Å². The number of likely N-dealkylation sites (tertiary alicyclic amines) is 1. The van der Waals surface area contributed by atoms with Crippen LogP contribution in [0.25, 0.3) is 11.4 Å². The van der Waals surface area contributed by atoms with Crippen molar-refractivity contribution in [2.45, 2.75) is 31.7 Å². The third kappa shape index (κ3) is 3.64. The van der Waals surface area contributed by atoms with Gasteiger partial charge in [0.25, 0.3) is 0 Å². The van der Waals surface area contributed by atoms with Crippen LogP contribution in [-0.4, -0.2) is 44.7 Å². The van der Waals surface area contributed by atoms with Gasteiger partial charge in [0.15, 0.2) is 0 Å². The monoisotopic (exact) mass is 337 g/mol. The predicted octanol–water partition coefficient (Wildman–Crippen LogP) is 2.99. The third-order valence-corrected chi connectivity index (χ3v) is 4.90. The van der Waals surface area contributed by atoms with Gasteiger partial charge in [0.05, 0.1) is 0 Å². The van der Waals surface area contributed by atoms with E-state index >= 15 is 0 Å². The summed E-state index contributed by atoms with van der Waals surface area (Å²) in [5.41, 5.74) is 0.979. The molecule has 25 heavy (non-hydrogen) atoms. The smallest absolute Gasteiger partial charge is 0.228 e. The van der Waals surface area contributed by atoms with Gasteiger partial charge >= 0.3 is 0 Å². The van der Waals surface area contributed by atoms with Crippen LogP contribution < -0.4 is 0 Å². The first-order valence-corrected chi connectivity index (χ1v) is 8.87. The zero-order valence-corrected chi connectivity index (χ0v) is 14.5. The van der Waals surface area contributed by atoms with Crippen molar-refractivity contribution in [3.63, 3.8) is 0 Å². The molecule has 6 heteroatoms. The summed E-state index contributed by atoms with van der Waals surface area (Å²) in [6, 6.07) is 9.91. The molecule has 0 aliphatic carbocycles. The lowest BCUT2D eigenvalue weighted by Gasteiger charge is -2.28. The van der Waals surface area contributed by atoms with Gasteiger partial charge in [0, 0.05) is 36.8 Å². The van der Waals surface area contributed by atoms with Crippen molar-refractivity contribution in [1.82, 2.24) is 24.6 Å². The van der Waals surface area contributed by atoms with Gasteiger partial charge in [-0.05, 0) is 33.0 Å². The molecule has 1 saturated heterocycles. The minimum Gasteiger partial charge on any atom is -0.339 e. The highest BCUT2D eigenvalue weighted by Gasteiger charge is 2.22. The van der Waals surface area contributed by atoms with E-state index in [0.29, 0.717) is 17.6 Å². The number of aryl methyl sites for hydroxylation is 2. The molecule has 1 fully saturated rings. The van der Waals surface area contributed by atoms with Crippen LogP contribution in [0.4, 0.5) is 0 Å². The first-order valence-electron chi connectivity index (χ1n) is 8.87. The van der Waals surface area contributed by atoms with Crippen molar-refractivity contribution in [2.24, 2.45) is 0 Å². The number of rotatable bonds is 5. The SMILES string of the molecule is CN1CCC(c2nccn2CCc2nc(-c3ccccc3)no2)CC1. The molecule has 4 rings (SSSR count). The van der Waals surface area contributed by atoms with Gasteiger partial charge in [-0.25, -0.2) is 4.98 Å². The zero-order chi connectivity index (χ0) is 17.1. The van der Waals surface area contributed by atoms with Gasteiger partial charge in [-0.1, -0.05) is 35.5 Å². The van der Waals surface area contributed by atoms with E-state index in [1.807, 2.05) is 36.5 Å².